The van der Waals surface area contributed by atoms with Crippen molar-refractivity contribution >= 4 is 11.8 Å². The average molecular weight is 384 g/mol. The molecule has 1 N–H and O–H groups in total. The summed E-state index contributed by atoms with van der Waals surface area (Å²) in [6.07, 6.45) is 1.83. The molecule has 0 saturated heterocycles. The second-order valence-electron chi connectivity index (χ2n) is 7.05. The highest BCUT2D eigenvalue weighted by Crippen LogP contribution is 2.32. The number of methoxy groups -OCH3 is 1. The van der Waals surface area contributed by atoms with Gasteiger partial charge in [0.1, 0.15) is 17.3 Å². The van der Waals surface area contributed by atoms with Crippen LogP contribution < -0.4 is 10.1 Å². The van der Waals surface area contributed by atoms with Crippen LogP contribution in [0, 0.1) is 0 Å². The normalized spacial score (nSPS) is 20.3. The van der Waals surface area contributed by atoms with Gasteiger partial charge in [0.2, 0.25) is 0 Å². The third-order valence-corrected chi connectivity index (χ3v) is 5.26. The molecule has 0 spiro atoms. The van der Waals surface area contributed by atoms with E-state index in [0.29, 0.717) is 44.2 Å². The highest BCUT2D eigenvalue weighted by molar-refractivity contribution is 5.92. The van der Waals surface area contributed by atoms with Crippen LogP contribution in [-0.4, -0.2) is 59.2 Å². The molecule has 2 aromatic rings. The van der Waals surface area contributed by atoms with Crippen LogP contribution in [0.5, 0.6) is 5.75 Å². The molecule has 0 aliphatic carbocycles. The van der Waals surface area contributed by atoms with Crippen molar-refractivity contribution in [2.24, 2.45) is 0 Å². The van der Waals surface area contributed by atoms with Crippen LogP contribution in [0.4, 0.5) is 0 Å². The van der Waals surface area contributed by atoms with Gasteiger partial charge in [0.05, 0.1) is 12.6 Å². The summed E-state index contributed by atoms with van der Waals surface area (Å²) in [7, 11) is 1.58. The minimum absolute atomic E-state index is 0.0379. The van der Waals surface area contributed by atoms with Gasteiger partial charge in [-0.25, -0.2) is 4.98 Å². The average Bonchev–Trinajstić information content (AvgIpc) is 3.32. The van der Waals surface area contributed by atoms with E-state index in [1.165, 1.54) is 0 Å². The fourth-order valence-corrected chi connectivity index (χ4v) is 3.76. The fraction of sp³-hybridized carbons (Fsp3) is 0.450. The number of para-hydroxylation sites is 1. The van der Waals surface area contributed by atoms with Gasteiger partial charge in [0.25, 0.3) is 11.8 Å². The van der Waals surface area contributed by atoms with E-state index in [9.17, 15) is 9.59 Å². The summed E-state index contributed by atoms with van der Waals surface area (Å²) < 4.78 is 12.8. The fourth-order valence-electron chi connectivity index (χ4n) is 3.76. The molecule has 2 aliphatic rings. The van der Waals surface area contributed by atoms with E-state index < -0.39 is 6.10 Å². The Morgan fingerprint density at radius 3 is 2.93 bits per heavy atom. The largest absolute Gasteiger partial charge is 0.480 e. The van der Waals surface area contributed by atoms with E-state index in [1.807, 2.05) is 35.8 Å². The molecule has 0 fully saturated rings. The van der Waals surface area contributed by atoms with Crippen LogP contribution in [-0.2, 0) is 22.5 Å². The molecule has 0 bridgehead atoms. The monoisotopic (exact) mass is 384 g/mol. The van der Waals surface area contributed by atoms with Crippen molar-refractivity contribution in [1.82, 2.24) is 19.8 Å². The molecule has 3 heterocycles. The summed E-state index contributed by atoms with van der Waals surface area (Å²) in [4.78, 5) is 31.6. The van der Waals surface area contributed by atoms with Crippen molar-refractivity contribution in [3.8, 4) is 5.75 Å². The van der Waals surface area contributed by atoms with Crippen LogP contribution in [0.25, 0.3) is 0 Å². The predicted molar refractivity (Wildman–Crippen MR) is 101 cm³/mol. The molecule has 4 rings (SSSR count). The van der Waals surface area contributed by atoms with Gasteiger partial charge < -0.3 is 24.3 Å². The van der Waals surface area contributed by atoms with Crippen molar-refractivity contribution in [3.05, 3.63) is 47.5 Å². The zero-order chi connectivity index (χ0) is 19.7. The third-order valence-electron chi connectivity index (χ3n) is 5.26. The second-order valence-corrected chi connectivity index (χ2v) is 7.05. The van der Waals surface area contributed by atoms with Crippen molar-refractivity contribution in [3.63, 3.8) is 0 Å². The molecule has 2 aliphatic heterocycles. The SMILES string of the molecule is COCCNC(=O)c1cn2c(n1)[C@@H](C)N(C(=O)[C@H]1Cc3ccccc3O1)CC2. The van der Waals surface area contributed by atoms with E-state index in [4.69, 9.17) is 9.47 Å². The predicted octanol–water partition coefficient (Wildman–Crippen LogP) is 1.17. The Bertz CT molecular complexity index is 869. The zero-order valence-corrected chi connectivity index (χ0v) is 16.1. The number of aromatic nitrogens is 2. The van der Waals surface area contributed by atoms with E-state index in [-0.39, 0.29) is 17.9 Å². The Kier molecular flexibility index (Phi) is 5.04. The molecule has 1 aromatic heterocycles. The van der Waals surface area contributed by atoms with E-state index in [1.54, 1.807) is 18.2 Å². The first-order valence-corrected chi connectivity index (χ1v) is 9.47. The number of ether oxygens (including phenoxy) is 2. The van der Waals surface area contributed by atoms with Gasteiger partial charge in [-0.05, 0) is 18.6 Å². The van der Waals surface area contributed by atoms with Gasteiger partial charge in [0, 0.05) is 39.4 Å². The molecule has 28 heavy (non-hydrogen) atoms. The third kappa shape index (κ3) is 3.35. The highest BCUT2D eigenvalue weighted by Gasteiger charge is 2.37. The Morgan fingerprint density at radius 2 is 2.14 bits per heavy atom. The zero-order valence-electron chi connectivity index (χ0n) is 16.1. The lowest BCUT2D eigenvalue weighted by atomic mass is 10.1. The van der Waals surface area contributed by atoms with E-state index in [2.05, 4.69) is 10.3 Å². The number of benzene rings is 1. The highest BCUT2D eigenvalue weighted by atomic mass is 16.5. The van der Waals surface area contributed by atoms with Crippen LogP contribution >= 0.6 is 0 Å². The molecular weight excluding hydrogens is 360 g/mol. The first-order valence-electron chi connectivity index (χ1n) is 9.47. The number of imidazole rings is 1. The lowest BCUT2D eigenvalue weighted by molar-refractivity contribution is -0.141. The Labute approximate surface area is 163 Å². The summed E-state index contributed by atoms with van der Waals surface area (Å²) in [6.45, 7) is 3.97. The molecule has 0 saturated carbocycles. The summed E-state index contributed by atoms with van der Waals surface area (Å²) in [5.74, 6) is 1.22. The van der Waals surface area contributed by atoms with Crippen LogP contribution in [0.2, 0.25) is 0 Å². The molecule has 0 radical (unpaired) electrons. The van der Waals surface area contributed by atoms with Gasteiger partial charge in [-0.15, -0.1) is 0 Å². The number of carbonyl (C=O) groups is 2. The maximum Gasteiger partial charge on any atom is 0.271 e. The number of hydrogen-bond donors (Lipinski definition) is 1. The van der Waals surface area contributed by atoms with Gasteiger partial charge in [-0.1, -0.05) is 18.2 Å². The Balaban J connectivity index is 1.45. The van der Waals surface area contributed by atoms with Gasteiger partial charge >= 0.3 is 0 Å². The number of nitrogens with one attached hydrogen (secondary N) is 1. The lowest BCUT2D eigenvalue weighted by Gasteiger charge is -2.35. The van der Waals surface area contributed by atoms with Crippen LogP contribution in [0.1, 0.15) is 34.8 Å². The molecule has 8 nitrogen and oxygen atoms in total. The summed E-state index contributed by atoms with van der Waals surface area (Å²) in [5, 5.41) is 2.77. The number of carbonyl (C=O) groups excluding carboxylic acids is 2. The maximum absolute atomic E-state index is 13.1. The van der Waals surface area contributed by atoms with Crippen LogP contribution in [0.3, 0.4) is 0 Å². The van der Waals surface area contributed by atoms with Crippen molar-refractivity contribution < 1.29 is 19.1 Å². The minimum Gasteiger partial charge on any atom is -0.480 e. The van der Waals surface area contributed by atoms with E-state index >= 15 is 0 Å². The minimum atomic E-state index is -0.502. The van der Waals surface area contributed by atoms with Gasteiger partial charge in [0.15, 0.2) is 6.10 Å². The first kappa shape index (κ1) is 18.5. The van der Waals surface area contributed by atoms with Crippen molar-refractivity contribution in [2.75, 3.05) is 26.8 Å². The number of amides is 2. The topological polar surface area (TPSA) is 85.7 Å². The lowest BCUT2D eigenvalue weighted by Crippen LogP contribution is -2.47. The van der Waals surface area contributed by atoms with E-state index in [0.717, 1.165) is 11.3 Å². The summed E-state index contributed by atoms with van der Waals surface area (Å²) in [5.41, 5.74) is 1.42. The number of hydrogen-bond acceptors (Lipinski definition) is 5. The van der Waals surface area contributed by atoms with Crippen molar-refractivity contribution in [2.45, 2.75) is 32.0 Å². The molecule has 8 heteroatoms. The molecule has 0 unspecified atom stereocenters. The summed E-state index contributed by atoms with van der Waals surface area (Å²) >= 11 is 0. The summed E-state index contributed by atoms with van der Waals surface area (Å²) in [6, 6.07) is 7.52. The molecular formula is C20H24N4O4. The maximum atomic E-state index is 13.1. The van der Waals surface area contributed by atoms with Gasteiger partial charge in [-0.3, -0.25) is 9.59 Å². The number of rotatable bonds is 5. The smallest absolute Gasteiger partial charge is 0.271 e. The Hall–Kier alpha value is -2.87. The van der Waals surface area contributed by atoms with Crippen molar-refractivity contribution in [1.29, 1.82) is 0 Å². The number of nitrogens with zero attached hydrogens (tertiary/aromatic N) is 3. The Morgan fingerprint density at radius 1 is 1.32 bits per heavy atom. The molecule has 2 amide bonds. The second kappa shape index (κ2) is 7.63. The first-order chi connectivity index (χ1) is 13.6. The quantitative estimate of drug-likeness (QED) is 0.782. The molecule has 1 aromatic carbocycles. The standard InChI is InChI=1S/C20H24N4O4/c1-13-18-22-15(19(25)21-7-10-27-2)12-23(18)8-9-24(13)20(26)17-11-14-5-3-4-6-16(14)28-17/h3-6,12-13,17H,7-11H2,1-2H3,(H,21,25)/t13-,17-/m1/s1. The van der Waals surface area contributed by atoms with Crippen LogP contribution in [0.15, 0.2) is 30.5 Å². The van der Waals surface area contributed by atoms with Gasteiger partial charge in [-0.2, -0.15) is 0 Å². The molecule has 2 atom stereocenters. The molecule has 148 valence electrons. The number of fused-ring (bicyclic) bond motifs is 2.